The molecule has 0 fully saturated rings. The van der Waals surface area contributed by atoms with E-state index in [4.69, 9.17) is 0 Å². The highest BCUT2D eigenvalue weighted by molar-refractivity contribution is 9.10. The van der Waals surface area contributed by atoms with E-state index in [0.717, 1.165) is 28.7 Å². The van der Waals surface area contributed by atoms with Gasteiger partial charge in [-0.2, -0.15) is 0 Å². The molecule has 1 N–H and O–H groups in total. The molecule has 0 atom stereocenters. The highest BCUT2D eigenvalue weighted by Gasteiger charge is 2.17. The van der Waals surface area contributed by atoms with E-state index in [2.05, 4.69) is 38.4 Å². The van der Waals surface area contributed by atoms with Crippen LogP contribution in [0.3, 0.4) is 0 Å². The summed E-state index contributed by atoms with van der Waals surface area (Å²) in [5.74, 6) is 0.462. The molecule has 2 heterocycles. The average Bonchev–Trinajstić information content (AvgIpc) is 3.11. The lowest BCUT2D eigenvalue weighted by Gasteiger charge is -2.12. The van der Waals surface area contributed by atoms with Crippen LogP contribution < -0.4 is 10.9 Å². The second kappa shape index (κ2) is 7.55. The lowest BCUT2D eigenvalue weighted by molar-refractivity contribution is -0.116. The van der Waals surface area contributed by atoms with Crippen molar-refractivity contribution in [3.8, 4) is 0 Å². The van der Waals surface area contributed by atoms with Gasteiger partial charge in [-0.05, 0) is 42.8 Å². The lowest BCUT2D eigenvalue weighted by Crippen LogP contribution is -2.29. The first-order valence-corrected chi connectivity index (χ1v) is 9.78. The van der Waals surface area contributed by atoms with Gasteiger partial charge < -0.3 is 5.32 Å². The van der Waals surface area contributed by atoms with E-state index in [1.165, 1.54) is 4.57 Å². The van der Waals surface area contributed by atoms with E-state index in [1.807, 2.05) is 36.4 Å². The molecule has 0 spiro atoms. The quantitative estimate of drug-likeness (QED) is 0.516. The van der Waals surface area contributed by atoms with E-state index < -0.39 is 0 Å². The van der Waals surface area contributed by atoms with Crippen LogP contribution in [0.2, 0.25) is 0 Å². The predicted octanol–water partition coefficient (Wildman–Crippen LogP) is 3.40. The first kappa shape index (κ1) is 18.4. The Bertz CT molecular complexity index is 1230. The fraction of sp³-hybridized carbons (Fsp3) is 0.200. The molecule has 0 unspecified atom stereocenters. The van der Waals surface area contributed by atoms with Crippen molar-refractivity contribution >= 4 is 44.2 Å². The Morgan fingerprint density at radius 1 is 1.07 bits per heavy atom. The molecular formula is C20H18BrN5O2. The summed E-state index contributed by atoms with van der Waals surface area (Å²) < 4.78 is 4.17. The van der Waals surface area contributed by atoms with E-state index >= 15 is 0 Å². The van der Waals surface area contributed by atoms with Gasteiger partial charge in [-0.15, -0.1) is 10.2 Å². The number of carbonyl (C=O) groups excluding carboxylic acids is 1. The highest BCUT2D eigenvalue weighted by atomic mass is 79.9. The van der Waals surface area contributed by atoms with Crippen molar-refractivity contribution in [1.82, 2.24) is 19.2 Å². The first-order chi connectivity index (χ1) is 13.6. The summed E-state index contributed by atoms with van der Waals surface area (Å²) in [6, 6.07) is 14.8. The number of aryl methyl sites for hydroxylation is 1. The molecule has 4 rings (SSSR count). The highest BCUT2D eigenvalue weighted by Crippen LogP contribution is 2.17. The second-order valence-electron chi connectivity index (χ2n) is 6.46. The molecule has 0 bridgehead atoms. The fourth-order valence-corrected chi connectivity index (χ4v) is 3.50. The van der Waals surface area contributed by atoms with Crippen LogP contribution in [0, 0.1) is 0 Å². The number of aromatic nitrogens is 4. The van der Waals surface area contributed by atoms with Gasteiger partial charge in [0.15, 0.2) is 0 Å². The Kier molecular flexibility index (Phi) is 4.95. The summed E-state index contributed by atoms with van der Waals surface area (Å²) >= 11 is 3.36. The average molecular weight is 440 g/mol. The SMILES string of the molecule is CCCc1nnc2c(=O)n(CC(=O)Nc3ccc(Br)cc3)c3ccccc3n12. The minimum Gasteiger partial charge on any atom is -0.325 e. The fourth-order valence-electron chi connectivity index (χ4n) is 3.24. The summed E-state index contributed by atoms with van der Waals surface area (Å²) in [4.78, 5) is 25.6. The van der Waals surface area contributed by atoms with Gasteiger partial charge in [-0.3, -0.25) is 18.6 Å². The van der Waals surface area contributed by atoms with Crippen molar-refractivity contribution in [3.05, 3.63) is 69.2 Å². The van der Waals surface area contributed by atoms with Gasteiger partial charge in [0.1, 0.15) is 12.4 Å². The van der Waals surface area contributed by atoms with Crippen LogP contribution in [0.25, 0.3) is 16.7 Å². The minimum atomic E-state index is -0.334. The maximum absolute atomic E-state index is 13.0. The first-order valence-electron chi connectivity index (χ1n) is 8.99. The van der Waals surface area contributed by atoms with Crippen LogP contribution in [0.4, 0.5) is 5.69 Å². The topological polar surface area (TPSA) is 81.3 Å². The van der Waals surface area contributed by atoms with Gasteiger partial charge in [-0.25, -0.2) is 0 Å². The Balaban J connectivity index is 1.78. The van der Waals surface area contributed by atoms with Crippen molar-refractivity contribution in [2.75, 3.05) is 5.32 Å². The zero-order chi connectivity index (χ0) is 19.7. The van der Waals surface area contributed by atoms with Gasteiger partial charge in [-0.1, -0.05) is 35.0 Å². The summed E-state index contributed by atoms with van der Waals surface area (Å²) in [6.45, 7) is 1.94. The third-order valence-corrected chi connectivity index (χ3v) is 5.01. The Hall–Kier alpha value is -3.00. The van der Waals surface area contributed by atoms with Gasteiger partial charge in [0.2, 0.25) is 11.6 Å². The minimum absolute atomic E-state index is 0.109. The van der Waals surface area contributed by atoms with E-state index in [-0.39, 0.29) is 23.7 Å². The normalized spacial score (nSPS) is 11.2. The maximum Gasteiger partial charge on any atom is 0.297 e. The molecule has 0 aliphatic carbocycles. The molecule has 0 saturated heterocycles. The second-order valence-corrected chi connectivity index (χ2v) is 7.38. The number of rotatable bonds is 5. The molecule has 0 aliphatic rings. The number of hydrogen-bond donors (Lipinski definition) is 1. The van der Waals surface area contributed by atoms with Gasteiger partial charge >= 0.3 is 0 Å². The molecule has 142 valence electrons. The van der Waals surface area contributed by atoms with Gasteiger partial charge in [0.05, 0.1) is 11.0 Å². The number of nitrogens with zero attached hydrogens (tertiary/aromatic N) is 4. The Labute approximate surface area is 169 Å². The number of halogens is 1. The Morgan fingerprint density at radius 2 is 1.79 bits per heavy atom. The van der Waals surface area contributed by atoms with Crippen LogP contribution in [-0.2, 0) is 17.8 Å². The van der Waals surface area contributed by atoms with Crippen molar-refractivity contribution in [3.63, 3.8) is 0 Å². The van der Waals surface area contributed by atoms with Gasteiger partial charge in [0, 0.05) is 16.6 Å². The Morgan fingerprint density at radius 3 is 2.50 bits per heavy atom. The standard InChI is InChI=1S/C20H18BrN5O2/c1-2-5-17-23-24-19-20(28)25(15-6-3-4-7-16(15)26(17)19)12-18(27)22-14-10-8-13(21)9-11-14/h3-4,6-11H,2,5,12H2,1H3,(H,22,27). The largest absolute Gasteiger partial charge is 0.325 e. The molecule has 1 amide bonds. The van der Waals surface area contributed by atoms with Crippen molar-refractivity contribution in [2.45, 2.75) is 26.3 Å². The molecule has 2 aromatic carbocycles. The number of nitrogens with one attached hydrogen (secondary N) is 1. The summed E-state index contributed by atoms with van der Waals surface area (Å²) in [5.41, 5.74) is 2.04. The number of carbonyl (C=O) groups is 1. The van der Waals surface area contributed by atoms with Gasteiger partial charge in [0.25, 0.3) is 5.56 Å². The number of hydrogen-bond acceptors (Lipinski definition) is 4. The van der Waals surface area contributed by atoms with Crippen LogP contribution in [0.1, 0.15) is 19.2 Å². The monoisotopic (exact) mass is 439 g/mol. The molecule has 0 saturated carbocycles. The van der Waals surface area contributed by atoms with Crippen LogP contribution in [0.5, 0.6) is 0 Å². The lowest BCUT2D eigenvalue weighted by atomic mass is 10.2. The molecule has 2 aromatic heterocycles. The van der Waals surface area contributed by atoms with E-state index in [1.54, 1.807) is 16.5 Å². The third kappa shape index (κ3) is 3.31. The summed E-state index contributed by atoms with van der Waals surface area (Å²) in [5, 5.41) is 11.1. The van der Waals surface area contributed by atoms with Crippen molar-refractivity contribution in [2.24, 2.45) is 0 Å². The molecule has 4 aromatic rings. The smallest absolute Gasteiger partial charge is 0.297 e. The van der Waals surface area contributed by atoms with Crippen LogP contribution in [-0.4, -0.2) is 25.1 Å². The number of amides is 1. The molecule has 0 radical (unpaired) electrons. The van der Waals surface area contributed by atoms with Crippen molar-refractivity contribution in [1.29, 1.82) is 0 Å². The summed E-state index contributed by atoms with van der Waals surface area (Å²) in [6.07, 6.45) is 1.62. The van der Waals surface area contributed by atoms with E-state index in [0.29, 0.717) is 11.2 Å². The number of anilines is 1. The maximum atomic E-state index is 13.0. The van der Waals surface area contributed by atoms with E-state index in [9.17, 15) is 9.59 Å². The zero-order valence-electron chi connectivity index (χ0n) is 15.2. The molecule has 0 aliphatic heterocycles. The predicted molar refractivity (Wildman–Crippen MR) is 112 cm³/mol. The molecule has 8 heteroatoms. The van der Waals surface area contributed by atoms with Crippen LogP contribution >= 0.6 is 15.9 Å². The molecule has 7 nitrogen and oxygen atoms in total. The number of benzene rings is 2. The number of fused-ring (bicyclic) bond motifs is 3. The van der Waals surface area contributed by atoms with Crippen LogP contribution in [0.15, 0.2) is 57.8 Å². The summed E-state index contributed by atoms with van der Waals surface area (Å²) in [7, 11) is 0. The zero-order valence-corrected chi connectivity index (χ0v) is 16.8. The molecular weight excluding hydrogens is 422 g/mol. The molecule has 28 heavy (non-hydrogen) atoms. The third-order valence-electron chi connectivity index (χ3n) is 4.48. The van der Waals surface area contributed by atoms with Crippen molar-refractivity contribution < 1.29 is 4.79 Å². The number of para-hydroxylation sites is 2.